The van der Waals surface area contributed by atoms with Gasteiger partial charge >= 0.3 is 5.97 Å². The second-order valence-electron chi connectivity index (χ2n) is 6.22. The fraction of sp³-hybridized carbons (Fsp3) is 0.200. The van der Waals surface area contributed by atoms with E-state index in [0.29, 0.717) is 17.9 Å². The molecular weight excluding hydrogens is 332 g/mol. The zero-order valence-electron chi connectivity index (χ0n) is 14.4. The average Bonchev–Trinajstić information content (AvgIpc) is 2.98. The van der Waals surface area contributed by atoms with Crippen molar-refractivity contribution in [1.82, 2.24) is 9.55 Å². The number of hydrogen-bond acceptors (Lipinski definition) is 5. The number of fused-ring (bicyclic) bond motifs is 4. The molecule has 0 N–H and O–H groups in total. The van der Waals surface area contributed by atoms with Crippen LogP contribution in [0.15, 0.2) is 41.2 Å². The van der Waals surface area contributed by atoms with Crippen LogP contribution >= 0.6 is 0 Å². The topological polar surface area (TPSA) is 78.3 Å². The number of ether oxygens (including phenoxy) is 1. The summed E-state index contributed by atoms with van der Waals surface area (Å²) >= 11 is 0. The van der Waals surface area contributed by atoms with E-state index >= 15 is 0 Å². The van der Waals surface area contributed by atoms with Crippen molar-refractivity contribution in [2.45, 2.75) is 26.8 Å². The summed E-state index contributed by atoms with van der Waals surface area (Å²) in [4.78, 5) is 41.3. The molecule has 4 rings (SSSR count). The van der Waals surface area contributed by atoms with Crippen LogP contribution in [-0.2, 0) is 11.3 Å². The summed E-state index contributed by atoms with van der Waals surface area (Å²) in [6, 6.07) is 11.3. The molecular formula is C20H16N2O4. The van der Waals surface area contributed by atoms with Crippen LogP contribution in [0.1, 0.15) is 36.2 Å². The Morgan fingerprint density at radius 1 is 1.23 bits per heavy atom. The second-order valence-corrected chi connectivity index (χ2v) is 6.22. The van der Waals surface area contributed by atoms with Gasteiger partial charge in [-0.2, -0.15) is 0 Å². The molecule has 1 aliphatic heterocycles. The maximum absolute atomic E-state index is 12.9. The highest BCUT2D eigenvalue weighted by atomic mass is 16.5. The van der Waals surface area contributed by atoms with Crippen molar-refractivity contribution < 1.29 is 14.3 Å². The van der Waals surface area contributed by atoms with Crippen molar-refractivity contribution in [3.63, 3.8) is 0 Å². The summed E-state index contributed by atoms with van der Waals surface area (Å²) in [5.41, 5.74) is 2.61. The molecule has 0 bridgehead atoms. The molecule has 0 unspecified atom stereocenters. The minimum Gasteiger partial charge on any atom is -0.420 e. The van der Waals surface area contributed by atoms with Crippen molar-refractivity contribution in [3.05, 3.63) is 57.9 Å². The molecule has 6 heteroatoms. The molecule has 0 saturated carbocycles. The molecule has 2 aromatic heterocycles. The number of carbonyl (C=O) groups is 2. The van der Waals surface area contributed by atoms with E-state index in [1.165, 1.54) is 11.5 Å². The fourth-order valence-electron chi connectivity index (χ4n) is 3.29. The zero-order chi connectivity index (χ0) is 18.4. The van der Waals surface area contributed by atoms with Gasteiger partial charge in [0.1, 0.15) is 0 Å². The Balaban J connectivity index is 1.99. The first-order chi connectivity index (χ1) is 12.5. The third kappa shape index (κ3) is 2.42. The molecule has 0 radical (unpaired) electrons. The molecule has 1 aromatic carbocycles. The van der Waals surface area contributed by atoms with Gasteiger partial charge in [-0.15, -0.1) is 0 Å². The first kappa shape index (κ1) is 16.2. The van der Waals surface area contributed by atoms with Gasteiger partial charge in [0.25, 0.3) is 5.56 Å². The summed E-state index contributed by atoms with van der Waals surface area (Å²) in [6.45, 7) is 3.24. The van der Waals surface area contributed by atoms with Crippen LogP contribution in [0.25, 0.3) is 22.3 Å². The fourth-order valence-corrected chi connectivity index (χ4v) is 3.29. The number of carbonyl (C=O) groups excluding carboxylic acids is 2. The molecule has 0 aliphatic carbocycles. The minimum atomic E-state index is -0.632. The number of para-hydroxylation sites is 1. The van der Waals surface area contributed by atoms with E-state index in [9.17, 15) is 14.4 Å². The van der Waals surface area contributed by atoms with Crippen LogP contribution in [0.2, 0.25) is 0 Å². The van der Waals surface area contributed by atoms with Gasteiger partial charge in [-0.05, 0) is 18.2 Å². The van der Waals surface area contributed by atoms with Crippen molar-refractivity contribution in [1.29, 1.82) is 0 Å². The van der Waals surface area contributed by atoms with Gasteiger partial charge in [-0.25, -0.2) is 4.98 Å². The van der Waals surface area contributed by atoms with E-state index in [1.807, 2.05) is 30.3 Å². The first-order valence-electron chi connectivity index (χ1n) is 8.38. The molecule has 0 amide bonds. The Morgan fingerprint density at radius 2 is 2.00 bits per heavy atom. The van der Waals surface area contributed by atoms with Crippen LogP contribution in [0.5, 0.6) is 5.75 Å². The molecule has 130 valence electrons. The number of esters is 1. The quantitative estimate of drug-likeness (QED) is 0.420. The Labute approximate surface area is 149 Å². The third-order valence-corrected chi connectivity index (χ3v) is 4.50. The van der Waals surface area contributed by atoms with Crippen molar-refractivity contribution in [3.8, 4) is 17.1 Å². The number of ketones is 1. The normalized spacial score (nSPS) is 11.9. The molecule has 3 aromatic rings. The van der Waals surface area contributed by atoms with Gasteiger partial charge in [-0.1, -0.05) is 25.1 Å². The third-order valence-electron chi connectivity index (χ3n) is 4.50. The SMILES string of the molecule is CCC(=O)c1cc2n(c(=O)c1OC(C)=O)Cc1cc3ccccc3nc1-2. The molecule has 3 heterocycles. The Hall–Kier alpha value is -3.28. The Kier molecular flexibility index (Phi) is 3.68. The summed E-state index contributed by atoms with van der Waals surface area (Å²) in [7, 11) is 0. The zero-order valence-corrected chi connectivity index (χ0v) is 14.4. The smallest absolute Gasteiger partial charge is 0.308 e. The molecule has 0 fully saturated rings. The standard InChI is InChI=1S/C20H16N2O4/c1-3-17(24)14-9-16-18-13(8-12-6-4-5-7-15(12)21-18)10-22(16)20(25)19(14)26-11(2)23/h4-9H,3,10H2,1-2H3. The van der Waals surface area contributed by atoms with E-state index in [4.69, 9.17) is 4.74 Å². The van der Waals surface area contributed by atoms with E-state index in [0.717, 1.165) is 16.5 Å². The molecule has 0 spiro atoms. The van der Waals surface area contributed by atoms with Gasteiger partial charge in [0.05, 0.1) is 29.0 Å². The van der Waals surface area contributed by atoms with Gasteiger partial charge in [0.2, 0.25) is 5.75 Å². The van der Waals surface area contributed by atoms with Crippen LogP contribution in [0.3, 0.4) is 0 Å². The highest BCUT2D eigenvalue weighted by Gasteiger charge is 2.28. The predicted molar refractivity (Wildman–Crippen MR) is 96.5 cm³/mol. The number of nitrogens with zero attached hydrogens (tertiary/aromatic N) is 2. The summed E-state index contributed by atoms with van der Waals surface area (Å²) < 4.78 is 6.59. The molecule has 26 heavy (non-hydrogen) atoms. The van der Waals surface area contributed by atoms with Gasteiger partial charge in [-0.3, -0.25) is 19.0 Å². The summed E-state index contributed by atoms with van der Waals surface area (Å²) in [5, 5.41) is 0.983. The monoisotopic (exact) mass is 348 g/mol. The van der Waals surface area contributed by atoms with Crippen LogP contribution < -0.4 is 10.3 Å². The summed E-state index contributed by atoms with van der Waals surface area (Å²) in [6.07, 6.45) is 0.204. The highest BCUT2D eigenvalue weighted by Crippen LogP contribution is 2.34. The molecule has 6 nitrogen and oxygen atoms in total. The minimum absolute atomic E-state index is 0.127. The van der Waals surface area contributed by atoms with Gasteiger partial charge in [0, 0.05) is 24.3 Å². The Bertz CT molecular complexity index is 1140. The average molecular weight is 348 g/mol. The lowest BCUT2D eigenvalue weighted by molar-refractivity contribution is -0.132. The van der Waals surface area contributed by atoms with E-state index < -0.39 is 11.5 Å². The lowest BCUT2D eigenvalue weighted by Gasteiger charge is -2.11. The number of benzene rings is 1. The van der Waals surface area contributed by atoms with Crippen LogP contribution in [-0.4, -0.2) is 21.3 Å². The van der Waals surface area contributed by atoms with Gasteiger partial charge in [0.15, 0.2) is 5.78 Å². The largest absolute Gasteiger partial charge is 0.420 e. The highest BCUT2D eigenvalue weighted by molar-refractivity contribution is 6.00. The maximum Gasteiger partial charge on any atom is 0.308 e. The lowest BCUT2D eigenvalue weighted by Crippen LogP contribution is -2.25. The maximum atomic E-state index is 12.9. The second kappa shape index (κ2) is 5.91. The molecule has 1 aliphatic rings. The molecule has 0 saturated heterocycles. The van der Waals surface area contributed by atoms with Gasteiger partial charge < -0.3 is 4.74 Å². The lowest BCUT2D eigenvalue weighted by atomic mass is 10.1. The first-order valence-corrected chi connectivity index (χ1v) is 8.38. The number of pyridine rings is 2. The van der Waals surface area contributed by atoms with Crippen molar-refractivity contribution in [2.75, 3.05) is 0 Å². The van der Waals surface area contributed by atoms with Crippen LogP contribution in [0.4, 0.5) is 0 Å². The van der Waals surface area contributed by atoms with Crippen LogP contribution in [0, 0.1) is 0 Å². The van der Waals surface area contributed by atoms with E-state index in [-0.39, 0.29) is 23.5 Å². The van der Waals surface area contributed by atoms with Crippen molar-refractivity contribution in [2.24, 2.45) is 0 Å². The number of hydrogen-bond donors (Lipinski definition) is 0. The van der Waals surface area contributed by atoms with E-state index in [1.54, 1.807) is 13.0 Å². The number of aromatic nitrogens is 2. The predicted octanol–water partition coefficient (Wildman–Crippen LogP) is 2.94. The van der Waals surface area contributed by atoms with Crippen molar-refractivity contribution >= 4 is 22.7 Å². The summed E-state index contributed by atoms with van der Waals surface area (Å²) in [5.74, 6) is -1.09. The Morgan fingerprint density at radius 3 is 2.73 bits per heavy atom. The number of rotatable bonds is 3. The van der Waals surface area contributed by atoms with E-state index in [2.05, 4.69) is 4.98 Å². The number of Topliss-reactive ketones (excluding diaryl/α,β-unsaturated/α-hetero) is 1. The molecule has 0 atom stereocenters.